The van der Waals surface area contributed by atoms with E-state index in [1.165, 1.54) is 0 Å². The first-order valence-electron chi connectivity index (χ1n) is 8.46. The third-order valence-electron chi connectivity index (χ3n) is 4.29. The molecule has 0 saturated carbocycles. The summed E-state index contributed by atoms with van der Waals surface area (Å²) in [5.74, 6) is 0.716. The van der Waals surface area contributed by atoms with Gasteiger partial charge in [0.15, 0.2) is 5.82 Å². The summed E-state index contributed by atoms with van der Waals surface area (Å²) in [5.41, 5.74) is 3.80. The first kappa shape index (κ1) is 16.5. The van der Waals surface area contributed by atoms with Crippen molar-refractivity contribution in [2.24, 2.45) is 0 Å². The summed E-state index contributed by atoms with van der Waals surface area (Å²) in [4.78, 5) is 13.4. The molecule has 7 heteroatoms. The fourth-order valence-electron chi connectivity index (χ4n) is 2.86. The van der Waals surface area contributed by atoms with Gasteiger partial charge < -0.3 is 0 Å². The molecule has 26 heavy (non-hydrogen) atoms. The first-order chi connectivity index (χ1) is 12.8. The molecule has 1 unspecified atom stereocenters. The van der Waals surface area contributed by atoms with E-state index >= 15 is 0 Å². The molecule has 0 bridgehead atoms. The molecule has 1 atom stereocenters. The largest absolute Gasteiger partial charge is 0.247 e. The minimum atomic E-state index is 0.100. The average molecular weight is 362 g/mol. The fourth-order valence-corrected chi connectivity index (χ4v) is 3.67. The van der Waals surface area contributed by atoms with Crippen LogP contribution in [0.5, 0.6) is 0 Å². The molecular weight excluding hydrogens is 344 g/mol. The van der Waals surface area contributed by atoms with Crippen molar-refractivity contribution in [3.05, 3.63) is 65.0 Å². The number of hydrogen-bond acceptors (Lipinski definition) is 6. The minimum absolute atomic E-state index is 0.100. The number of hydrogen-bond donors (Lipinski definition) is 0. The third kappa shape index (κ3) is 3.13. The molecule has 0 spiro atoms. The predicted octanol–water partition coefficient (Wildman–Crippen LogP) is 4.17. The number of aryl methyl sites for hydroxylation is 1. The van der Waals surface area contributed by atoms with Crippen LogP contribution in [-0.2, 0) is 0 Å². The molecule has 130 valence electrons. The maximum absolute atomic E-state index is 4.51. The Labute approximate surface area is 155 Å². The second-order valence-corrected chi connectivity index (χ2v) is 6.91. The number of benzene rings is 1. The minimum Gasteiger partial charge on any atom is -0.247 e. The van der Waals surface area contributed by atoms with Gasteiger partial charge in [0.1, 0.15) is 16.7 Å². The van der Waals surface area contributed by atoms with Crippen molar-refractivity contribution >= 4 is 11.3 Å². The van der Waals surface area contributed by atoms with Crippen LogP contribution in [0.1, 0.15) is 30.0 Å². The second-order valence-electron chi connectivity index (χ2n) is 5.99. The Balaban J connectivity index is 1.61. The second kappa shape index (κ2) is 7.13. The normalized spacial score (nSPS) is 12.2. The van der Waals surface area contributed by atoms with Crippen LogP contribution < -0.4 is 0 Å². The molecule has 0 aliphatic rings. The summed E-state index contributed by atoms with van der Waals surface area (Å²) in [6.45, 7) is 4.18. The van der Waals surface area contributed by atoms with E-state index in [-0.39, 0.29) is 6.04 Å². The summed E-state index contributed by atoms with van der Waals surface area (Å²) < 4.78 is 1.86. The van der Waals surface area contributed by atoms with Crippen molar-refractivity contribution in [2.45, 2.75) is 26.3 Å². The smallest absolute Gasteiger partial charge is 0.159 e. The molecule has 4 rings (SSSR count). The van der Waals surface area contributed by atoms with Gasteiger partial charge in [-0.15, -0.1) is 16.4 Å². The van der Waals surface area contributed by atoms with Gasteiger partial charge in [0, 0.05) is 35.1 Å². The Morgan fingerprint density at radius 3 is 2.62 bits per heavy atom. The molecule has 1 aromatic carbocycles. The zero-order chi connectivity index (χ0) is 17.9. The molecule has 0 saturated heterocycles. The lowest BCUT2D eigenvalue weighted by molar-refractivity contribution is 0.491. The van der Waals surface area contributed by atoms with Crippen LogP contribution in [0.2, 0.25) is 0 Å². The van der Waals surface area contributed by atoms with Crippen LogP contribution in [0.15, 0.2) is 54.4 Å². The topological polar surface area (TPSA) is 69.4 Å². The maximum Gasteiger partial charge on any atom is 0.159 e. The predicted molar refractivity (Wildman–Crippen MR) is 102 cm³/mol. The van der Waals surface area contributed by atoms with Gasteiger partial charge in [-0.2, -0.15) is 0 Å². The van der Waals surface area contributed by atoms with E-state index in [4.69, 9.17) is 0 Å². The van der Waals surface area contributed by atoms with E-state index < -0.39 is 0 Å². The van der Waals surface area contributed by atoms with Crippen molar-refractivity contribution in [2.75, 3.05) is 0 Å². The van der Waals surface area contributed by atoms with E-state index in [1.807, 2.05) is 40.7 Å². The number of nitrogens with zero attached hydrogens (tertiary/aromatic N) is 6. The summed E-state index contributed by atoms with van der Waals surface area (Å²) >= 11 is 1.63. The van der Waals surface area contributed by atoms with E-state index in [1.54, 1.807) is 23.7 Å². The summed E-state index contributed by atoms with van der Waals surface area (Å²) in [7, 11) is 0. The van der Waals surface area contributed by atoms with E-state index in [2.05, 4.69) is 45.2 Å². The number of aromatic nitrogens is 6. The van der Waals surface area contributed by atoms with Crippen LogP contribution in [-0.4, -0.2) is 29.9 Å². The quantitative estimate of drug-likeness (QED) is 0.533. The van der Waals surface area contributed by atoms with E-state index in [0.717, 1.165) is 33.8 Å². The zero-order valence-corrected chi connectivity index (χ0v) is 15.4. The highest BCUT2D eigenvalue weighted by Crippen LogP contribution is 2.25. The van der Waals surface area contributed by atoms with Crippen LogP contribution in [0.4, 0.5) is 0 Å². The van der Waals surface area contributed by atoms with Crippen molar-refractivity contribution in [3.63, 3.8) is 0 Å². The Morgan fingerprint density at radius 1 is 1.12 bits per heavy atom. The Morgan fingerprint density at radius 2 is 1.92 bits per heavy atom. The first-order valence-corrected chi connectivity index (χ1v) is 9.34. The molecule has 3 aromatic heterocycles. The highest BCUT2D eigenvalue weighted by molar-refractivity contribution is 7.09. The van der Waals surface area contributed by atoms with Crippen LogP contribution in [0, 0.1) is 6.92 Å². The third-order valence-corrected chi connectivity index (χ3v) is 5.16. The zero-order valence-electron chi connectivity index (χ0n) is 14.6. The summed E-state index contributed by atoms with van der Waals surface area (Å²) in [5, 5.41) is 11.6. The van der Waals surface area contributed by atoms with Crippen molar-refractivity contribution < 1.29 is 0 Å². The van der Waals surface area contributed by atoms with Crippen LogP contribution >= 0.6 is 11.3 Å². The van der Waals surface area contributed by atoms with Gasteiger partial charge in [0.25, 0.3) is 0 Å². The number of thiazole rings is 1. The molecule has 0 fully saturated rings. The lowest BCUT2D eigenvalue weighted by atomic mass is 10.1. The number of rotatable bonds is 5. The molecule has 3 heterocycles. The van der Waals surface area contributed by atoms with Crippen LogP contribution in [0.25, 0.3) is 22.6 Å². The Hall–Kier alpha value is -2.93. The standard InChI is InChI=1S/C19H18N6S/c1-3-17(19-20-8-9-26-19)25-12-16(23-24-25)14-10-21-18(22-11-14)15-7-5-4-6-13(15)2/h4-12,17H,3H2,1-2H3. The molecule has 0 aliphatic carbocycles. The Bertz CT molecular complexity index is 991. The lowest BCUT2D eigenvalue weighted by Crippen LogP contribution is -2.10. The van der Waals surface area contributed by atoms with Gasteiger partial charge in [-0.3, -0.25) is 0 Å². The lowest BCUT2D eigenvalue weighted by Gasteiger charge is -2.10. The highest BCUT2D eigenvalue weighted by atomic mass is 32.1. The van der Waals surface area contributed by atoms with Crippen molar-refractivity contribution in [1.29, 1.82) is 0 Å². The molecule has 0 amide bonds. The van der Waals surface area contributed by atoms with Gasteiger partial charge in [-0.25, -0.2) is 19.6 Å². The summed E-state index contributed by atoms with van der Waals surface area (Å²) in [6.07, 6.45) is 8.25. The van der Waals surface area contributed by atoms with Crippen LogP contribution in [0.3, 0.4) is 0 Å². The van der Waals surface area contributed by atoms with E-state index in [0.29, 0.717) is 5.82 Å². The molecular formula is C19H18N6S. The maximum atomic E-state index is 4.51. The molecule has 0 N–H and O–H groups in total. The van der Waals surface area contributed by atoms with Crippen molar-refractivity contribution in [3.8, 4) is 22.6 Å². The van der Waals surface area contributed by atoms with Gasteiger partial charge >= 0.3 is 0 Å². The van der Waals surface area contributed by atoms with E-state index in [9.17, 15) is 0 Å². The fraction of sp³-hybridized carbons (Fsp3) is 0.211. The van der Waals surface area contributed by atoms with Gasteiger partial charge in [0.2, 0.25) is 0 Å². The molecule has 6 nitrogen and oxygen atoms in total. The highest BCUT2D eigenvalue weighted by Gasteiger charge is 2.17. The summed E-state index contributed by atoms with van der Waals surface area (Å²) in [6, 6.07) is 8.19. The Kier molecular flexibility index (Phi) is 4.53. The SMILES string of the molecule is CCC(c1nccs1)n1cc(-c2cnc(-c3ccccc3C)nc2)nn1. The average Bonchev–Trinajstić information content (AvgIpc) is 3.36. The molecule has 0 radical (unpaired) electrons. The van der Waals surface area contributed by atoms with Gasteiger partial charge in [0.05, 0.1) is 6.20 Å². The van der Waals surface area contributed by atoms with Crippen molar-refractivity contribution in [1.82, 2.24) is 29.9 Å². The monoisotopic (exact) mass is 362 g/mol. The van der Waals surface area contributed by atoms with Gasteiger partial charge in [-0.1, -0.05) is 36.4 Å². The van der Waals surface area contributed by atoms with Gasteiger partial charge in [-0.05, 0) is 18.9 Å². The molecule has 0 aliphatic heterocycles. The molecule has 4 aromatic rings.